The highest BCUT2D eigenvalue weighted by Crippen LogP contribution is 2.28. The third-order valence-corrected chi connectivity index (χ3v) is 4.96. The molecule has 3 nitrogen and oxygen atoms in total. The van der Waals surface area contributed by atoms with E-state index in [0.29, 0.717) is 0 Å². The lowest BCUT2D eigenvalue weighted by molar-refractivity contribution is 0.0684. The van der Waals surface area contributed by atoms with Crippen LogP contribution in [0.15, 0.2) is 9.85 Å². The second-order valence-corrected chi connectivity index (χ2v) is 7.14. The van der Waals surface area contributed by atoms with Gasteiger partial charge in [-0.1, -0.05) is 0 Å². The number of carbonyl (C=O) groups is 1. The van der Waals surface area contributed by atoms with E-state index in [1.807, 2.05) is 38.9 Å². The van der Waals surface area contributed by atoms with Gasteiger partial charge in [0.15, 0.2) is 0 Å². The minimum atomic E-state index is 0.130. The highest BCUT2D eigenvalue weighted by molar-refractivity contribution is 9.11. The van der Waals surface area contributed by atoms with E-state index >= 15 is 0 Å². The maximum atomic E-state index is 12.5. The molecule has 5 heteroatoms. The summed E-state index contributed by atoms with van der Waals surface area (Å²) in [5.41, 5.74) is 1.12. The van der Waals surface area contributed by atoms with Crippen molar-refractivity contribution in [3.8, 4) is 0 Å². The van der Waals surface area contributed by atoms with E-state index in [1.54, 1.807) is 0 Å². The number of nitrogens with zero attached hydrogens (tertiary/aromatic N) is 2. The SMILES string of the molecule is CCN(C(=O)c1cc(C)c(Br)s1)C(C)CN(C)C. The topological polar surface area (TPSA) is 23.6 Å². The van der Waals surface area contributed by atoms with Gasteiger partial charge in [0, 0.05) is 19.1 Å². The van der Waals surface area contributed by atoms with E-state index < -0.39 is 0 Å². The molecule has 1 amide bonds. The summed E-state index contributed by atoms with van der Waals surface area (Å²) in [4.78, 5) is 17.3. The molecule has 0 N–H and O–H groups in total. The Kier molecular flexibility index (Phi) is 5.82. The fourth-order valence-corrected chi connectivity index (χ4v) is 3.48. The standard InChI is InChI=1S/C13H21BrN2OS/c1-6-16(10(3)8-15(4)5)13(17)11-7-9(2)12(14)18-11/h7,10H,6,8H2,1-5H3. The van der Waals surface area contributed by atoms with Crippen molar-refractivity contribution in [2.24, 2.45) is 0 Å². The van der Waals surface area contributed by atoms with Gasteiger partial charge in [-0.2, -0.15) is 0 Å². The quantitative estimate of drug-likeness (QED) is 0.826. The highest BCUT2D eigenvalue weighted by Gasteiger charge is 2.22. The number of carbonyl (C=O) groups excluding carboxylic acids is 1. The van der Waals surface area contributed by atoms with Gasteiger partial charge >= 0.3 is 0 Å². The van der Waals surface area contributed by atoms with E-state index in [0.717, 1.165) is 27.3 Å². The first-order chi connectivity index (χ1) is 8.36. The summed E-state index contributed by atoms with van der Waals surface area (Å²) in [6.45, 7) is 7.75. The van der Waals surface area contributed by atoms with Crippen LogP contribution in [0.25, 0.3) is 0 Å². The lowest BCUT2D eigenvalue weighted by atomic mass is 10.2. The smallest absolute Gasteiger partial charge is 0.264 e. The molecule has 1 heterocycles. The molecule has 0 aliphatic rings. The van der Waals surface area contributed by atoms with Crippen molar-refractivity contribution < 1.29 is 4.79 Å². The Morgan fingerprint density at radius 2 is 2.11 bits per heavy atom. The van der Waals surface area contributed by atoms with Crippen LogP contribution in [0.3, 0.4) is 0 Å². The van der Waals surface area contributed by atoms with Gasteiger partial charge in [0.1, 0.15) is 0 Å². The molecular weight excluding hydrogens is 312 g/mol. The van der Waals surface area contributed by atoms with Crippen LogP contribution in [0.4, 0.5) is 0 Å². The van der Waals surface area contributed by atoms with Crippen molar-refractivity contribution in [1.82, 2.24) is 9.80 Å². The van der Waals surface area contributed by atoms with Crippen LogP contribution < -0.4 is 0 Å². The van der Waals surface area contributed by atoms with Crippen LogP contribution in [0.5, 0.6) is 0 Å². The summed E-state index contributed by atoms with van der Waals surface area (Å²) in [5.74, 6) is 0.130. The van der Waals surface area contributed by atoms with E-state index in [4.69, 9.17) is 0 Å². The molecule has 0 bridgehead atoms. The Labute approximate surface area is 122 Å². The summed E-state index contributed by atoms with van der Waals surface area (Å²) < 4.78 is 1.04. The Bertz CT molecular complexity index is 398. The van der Waals surface area contributed by atoms with Gasteiger partial charge in [-0.05, 0) is 62.4 Å². The zero-order valence-electron chi connectivity index (χ0n) is 11.7. The number of halogens is 1. The van der Waals surface area contributed by atoms with Gasteiger partial charge < -0.3 is 9.80 Å². The molecule has 102 valence electrons. The molecule has 0 aromatic carbocycles. The molecule has 0 saturated heterocycles. The van der Waals surface area contributed by atoms with Crippen LogP contribution in [0.2, 0.25) is 0 Å². The van der Waals surface area contributed by atoms with Crippen LogP contribution in [-0.2, 0) is 0 Å². The minimum absolute atomic E-state index is 0.130. The average molecular weight is 333 g/mol. The first kappa shape index (κ1) is 15.7. The number of aryl methyl sites for hydroxylation is 1. The van der Waals surface area contributed by atoms with Crippen molar-refractivity contribution in [3.05, 3.63) is 20.3 Å². The summed E-state index contributed by atoms with van der Waals surface area (Å²) in [6.07, 6.45) is 0. The molecule has 0 saturated carbocycles. The van der Waals surface area contributed by atoms with Crippen LogP contribution in [-0.4, -0.2) is 48.9 Å². The number of amides is 1. The maximum Gasteiger partial charge on any atom is 0.264 e. The molecule has 0 radical (unpaired) electrons. The van der Waals surface area contributed by atoms with Crippen LogP contribution in [0.1, 0.15) is 29.1 Å². The fraction of sp³-hybridized carbons (Fsp3) is 0.615. The zero-order chi connectivity index (χ0) is 13.9. The minimum Gasteiger partial charge on any atom is -0.334 e. The van der Waals surface area contributed by atoms with Crippen molar-refractivity contribution >= 4 is 33.2 Å². The monoisotopic (exact) mass is 332 g/mol. The predicted molar refractivity (Wildman–Crippen MR) is 81.5 cm³/mol. The van der Waals surface area contributed by atoms with Gasteiger partial charge in [0.05, 0.1) is 8.66 Å². The summed E-state index contributed by atoms with van der Waals surface area (Å²) in [6, 6.07) is 2.18. The largest absolute Gasteiger partial charge is 0.334 e. The number of likely N-dealkylation sites (N-methyl/N-ethyl adjacent to an activating group) is 2. The molecule has 18 heavy (non-hydrogen) atoms. The van der Waals surface area contributed by atoms with Gasteiger partial charge in [-0.3, -0.25) is 4.79 Å². The maximum absolute atomic E-state index is 12.5. The normalized spacial score (nSPS) is 12.8. The summed E-state index contributed by atoms with van der Waals surface area (Å²) >= 11 is 4.99. The Morgan fingerprint density at radius 3 is 2.50 bits per heavy atom. The van der Waals surface area contributed by atoms with Gasteiger partial charge in [-0.25, -0.2) is 0 Å². The Morgan fingerprint density at radius 1 is 1.50 bits per heavy atom. The Balaban J connectivity index is 2.85. The van der Waals surface area contributed by atoms with Crippen molar-refractivity contribution in [2.75, 3.05) is 27.2 Å². The summed E-state index contributed by atoms with van der Waals surface area (Å²) in [7, 11) is 4.06. The number of hydrogen-bond acceptors (Lipinski definition) is 3. The van der Waals surface area contributed by atoms with Crippen molar-refractivity contribution in [1.29, 1.82) is 0 Å². The fourth-order valence-electron chi connectivity index (χ4n) is 1.99. The first-order valence-corrected chi connectivity index (χ1v) is 7.69. The number of rotatable bonds is 5. The van der Waals surface area contributed by atoms with Crippen molar-refractivity contribution in [2.45, 2.75) is 26.8 Å². The summed E-state index contributed by atoms with van der Waals surface area (Å²) in [5, 5.41) is 0. The second kappa shape index (κ2) is 6.68. The third-order valence-electron chi connectivity index (χ3n) is 2.83. The van der Waals surface area contributed by atoms with Crippen molar-refractivity contribution in [3.63, 3.8) is 0 Å². The molecule has 1 aromatic heterocycles. The Hall–Kier alpha value is -0.390. The van der Waals surface area contributed by atoms with E-state index in [2.05, 4.69) is 27.8 Å². The lowest BCUT2D eigenvalue weighted by Gasteiger charge is -2.29. The average Bonchev–Trinajstić information content (AvgIpc) is 2.59. The van der Waals surface area contributed by atoms with E-state index in [9.17, 15) is 4.79 Å². The molecule has 0 spiro atoms. The lowest BCUT2D eigenvalue weighted by Crippen LogP contribution is -2.43. The zero-order valence-corrected chi connectivity index (χ0v) is 14.1. The molecule has 0 aliphatic heterocycles. The second-order valence-electron chi connectivity index (χ2n) is 4.77. The molecule has 0 fully saturated rings. The van der Waals surface area contributed by atoms with E-state index in [1.165, 1.54) is 11.3 Å². The predicted octanol–water partition coefficient (Wildman–Crippen LogP) is 3.23. The van der Waals surface area contributed by atoms with Crippen LogP contribution in [0, 0.1) is 6.92 Å². The third kappa shape index (κ3) is 3.80. The van der Waals surface area contributed by atoms with Gasteiger partial charge in [-0.15, -0.1) is 11.3 Å². The van der Waals surface area contributed by atoms with Gasteiger partial charge in [0.25, 0.3) is 5.91 Å². The van der Waals surface area contributed by atoms with Crippen LogP contribution >= 0.6 is 27.3 Å². The molecule has 1 atom stereocenters. The molecule has 0 aliphatic carbocycles. The number of hydrogen-bond donors (Lipinski definition) is 0. The molecule has 1 rings (SSSR count). The molecule has 1 aromatic rings. The van der Waals surface area contributed by atoms with E-state index in [-0.39, 0.29) is 11.9 Å². The first-order valence-electron chi connectivity index (χ1n) is 6.08. The number of thiophene rings is 1. The molecule has 1 unspecified atom stereocenters. The van der Waals surface area contributed by atoms with Gasteiger partial charge in [0.2, 0.25) is 0 Å². The highest BCUT2D eigenvalue weighted by atomic mass is 79.9. The molecular formula is C13H21BrN2OS.